The first-order valence-corrected chi connectivity index (χ1v) is 8.70. The van der Waals surface area contributed by atoms with E-state index in [-0.39, 0.29) is 31.0 Å². The summed E-state index contributed by atoms with van der Waals surface area (Å²) in [7, 11) is 0. The van der Waals surface area contributed by atoms with Crippen LogP contribution in [-0.4, -0.2) is 43.0 Å². The maximum atomic E-state index is 12.6. The maximum Gasteiger partial charge on any atom is 0.265 e. The van der Waals surface area contributed by atoms with Crippen molar-refractivity contribution in [2.75, 3.05) is 31.1 Å². The molecule has 2 aliphatic rings. The Balaban J connectivity index is 1.82. The molecule has 3 rings (SSSR count). The molecule has 0 radical (unpaired) electrons. The lowest BCUT2D eigenvalue weighted by Crippen LogP contribution is -2.47. The van der Waals surface area contributed by atoms with Gasteiger partial charge in [0.15, 0.2) is 6.61 Å². The molecule has 1 saturated heterocycles. The molecule has 0 unspecified atom stereocenters. The minimum absolute atomic E-state index is 0.00101. The summed E-state index contributed by atoms with van der Waals surface area (Å²) in [6.45, 7) is 3.62. The highest BCUT2D eigenvalue weighted by molar-refractivity contribution is 6.02. The standard InChI is InChI=1S/C18H25N3O3/c1-2-14(19)13-6-7-16-15(10-13)21(18(23)12-24-16)11-17(22)20-8-4-3-5-9-20/h6-7,10,14H,2-5,8-9,11-12,19H2,1H3/t14-/m0/s1. The van der Waals surface area contributed by atoms with Gasteiger partial charge in [-0.3, -0.25) is 14.5 Å². The second-order valence-electron chi connectivity index (χ2n) is 6.45. The average Bonchev–Trinajstić information content (AvgIpc) is 2.63. The van der Waals surface area contributed by atoms with E-state index in [2.05, 4.69) is 0 Å². The molecule has 1 fully saturated rings. The smallest absolute Gasteiger partial charge is 0.265 e. The van der Waals surface area contributed by atoms with Crippen LogP contribution >= 0.6 is 0 Å². The molecule has 1 aromatic rings. The van der Waals surface area contributed by atoms with Crippen LogP contribution in [-0.2, 0) is 9.59 Å². The van der Waals surface area contributed by atoms with Gasteiger partial charge in [0.1, 0.15) is 12.3 Å². The van der Waals surface area contributed by atoms with Crippen molar-refractivity contribution >= 4 is 17.5 Å². The first-order valence-electron chi connectivity index (χ1n) is 8.70. The van der Waals surface area contributed by atoms with Gasteiger partial charge in [0.2, 0.25) is 5.91 Å². The number of carbonyl (C=O) groups is 2. The molecule has 0 bridgehead atoms. The first-order chi connectivity index (χ1) is 11.6. The summed E-state index contributed by atoms with van der Waals surface area (Å²) in [6.07, 6.45) is 4.05. The fourth-order valence-corrected chi connectivity index (χ4v) is 3.24. The van der Waals surface area contributed by atoms with Gasteiger partial charge in [-0.15, -0.1) is 0 Å². The predicted octanol–water partition coefficient (Wildman–Crippen LogP) is 1.83. The summed E-state index contributed by atoms with van der Waals surface area (Å²) in [6, 6.07) is 5.55. The number of rotatable bonds is 4. The zero-order chi connectivity index (χ0) is 17.1. The molecular formula is C18H25N3O3. The number of anilines is 1. The van der Waals surface area contributed by atoms with E-state index in [1.807, 2.05) is 30.0 Å². The lowest BCUT2D eigenvalue weighted by Gasteiger charge is -2.33. The van der Waals surface area contributed by atoms with Crippen LogP contribution < -0.4 is 15.4 Å². The number of ether oxygens (including phenoxy) is 1. The minimum Gasteiger partial charge on any atom is -0.482 e. The Kier molecular flexibility index (Phi) is 5.04. The Hall–Kier alpha value is -2.08. The third kappa shape index (κ3) is 3.38. The van der Waals surface area contributed by atoms with Crippen molar-refractivity contribution in [3.8, 4) is 5.75 Å². The molecule has 0 aromatic heterocycles. The summed E-state index contributed by atoms with van der Waals surface area (Å²) in [5.41, 5.74) is 7.71. The van der Waals surface area contributed by atoms with Gasteiger partial charge in [-0.1, -0.05) is 13.0 Å². The number of hydrogen-bond acceptors (Lipinski definition) is 4. The average molecular weight is 331 g/mol. The third-order valence-corrected chi connectivity index (χ3v) is 4.80. The van der Waals surface area contributed by atoms with Gasteiger partial charge >= 0.3 is 0 Å². The molecule has 2 N–H and O–H groups in total. The second kappa shape index (κ2) is 7.21. The van der Waals surface area contributed by atoms with Crippen LogP contribution in [0, 0.1) is 0 Å². The van der Waals surface area contributed by atoms with Crippen molar-refractivity contribution in [2.45, 2.75) is 38.6 Å². The van der Waals surface area contributed by atoms with E-state index in [1.54, 1.807) is 4.90 Å². The van der Waals surface area contributed by atoms with Crippen LogP contribution in [0.3, 0.4) is 0 Å². The maximum absolute atomic E-state index is 12.6. The van der Waals surface area contributed by atoms with Gasteiger partial charge in [-0.2, -0.15) is 0 Å². The zero-order valence-corrected chi connectivity index (χ0v) is 14.2. The van der Waals surface area contributed by atoms with Crippen molar-refractivity contribution in [2.24, 2.45) is 5.73 Å². The SMILES string of the molecule is CC[C@H](N)c1ccc2c(c1)N(CC(=O)N1CCCCC1)C(=O)CO2. The lowest BCUT2D eigenvalue weighted by atomic mass is 10.0. The number of benzene rings is 1. The van der Waals surface area contributed by atoms with Crippen molar-refractivity contribution < 1.29 is 14.3 Å². The molecule has 2 heterocycles. The van der Waals surface area contributed by atoms with Gasteiger partial charge < -0.3 is 15.4 Å². The van der Waals surface area contributed by atoms with E-state index < -0.39 is 0 Å². The summed E-state index contributed by atoms with van der Waals surface area (Å²) in [5.74, 6) is 0.448. The van der Waals surface area contributed by atoms with E-state index in [9.17, 15) is 9.59 Å². The Morgan fingerprint density at radius 3 is 2.75 bits per heavy atom. The number of hydrogen-bond donors (Lipinski definition) is 1. The minimum atomic E-state index is -0.185. The van der Waals surface area contributed by atoms with E-state index in [4.69, 9.17) is 10.5 Å². The molecule has 6 heteroatoms. The largest absolute Gasteiger partial charge is 0.482 e. The molecule has 1 atom stereocenters. The predicted molar refractivity (Wildman–Crippen MR) is 91.9 cm³/mol. The number of nitrogens with zero attached hydrogens (tertiary/aromatic N) is 2. The molecule has 130 valence electrons. The highest BCUT2D eigenvalue weighted by Gasteiger charge is 2.29. The Morgan fingerprint density at radius 2 is 2.04 bits per heavy atom. The van der Waals surface area contributed by atoms with Crippen LogP contribution in [0.1, 0.15) is 44.2 Å². The molecule has 0 saturated carbocycles. The van der Waals surface area contributed by atoms with E-state index in [1.165, 1.54) is 6.42 Å². The molecule has 0 aliphatic carbocycles. The fourth-order valence-electron chi connectivity index (χ4n) is 3.24. The first kappa shape index (κ1) is 16.8. The third-order valence-electron chi connectivity index (χ3n) is 4.80. The number of amides is 2. The van der Waals surface area contributed by atoms with Gasteiger partial charge in [-0.05, 0) is 43.4 Å². The molecule has 24 heavy (non-hydrogen) atoms. The molecule has 1 aromatic carbocycles. The van der Waals surface area contributed by atoms with Crippen LogP contribution in [0.2, 0.25) is 0 Å². The monoisotopic (exact) mass is 331 g/mol. The van der Waals surface area contributed by atoms with Gasteiger partial charge in [-0.25, -0.2) is 0 Å². The van der Waals surface area contributed by atoms with Crippen LogP contribution in [0.15, 0.2) is 18.2 Å². The topological polar surface area (TPSA) is 75.9 Å². The number of piperidine rings is 1. The highest BCUT2D eigenvalue weighted by Crippen LogP contribution is 2.34. The number of nitrogens with two attached hydrogens (primary N) is 1. The quantitative estimate of drug-likeness (QED) is 0.913. The molecule has 2 amide bonds. The Bertz CT molecular complexity index is 626. The van der Waals surface area contributed by atoms with Crippen molar-refractivity contribution in [1.82, 2.24) is 4.90 Å². The highest BCUT2D eigenvalue weighted by atomic mass is 16.5. The summed E-state index contributed by atoms with van der Waals surface area (Å²) in [5, 5.41) is 0. The molecule has 2 aliphatic heterocycles. The van der Waals surface area contributed by atoms with Crippen LogP contribution in [0.4, 0.5) is 5.69 Å². The molecular weight excluding hydrogens is 306 g/mol. The van der Waals surface area contributed by atoms with Gasteiger partial charge in [0.05, 0.1) is 5.69 Å². The molecule has 6 nitrogen and oxygen atoms in total. The zero-order valence-electron chi connectivity index (χ0n) is 14.2. The normalized spacial score (nSPS) is 18.8. The van der Waals surface area contributed by atoms with Gasteiger partial charge in [0, 0.05) is 19.1 Å². The Morgan fingerprint density at radius 1 is 1.29 bits per heavy atom. The summed E-state index contributed by atoms with van der Waals surface area (Å²) in [4.78, 5) is 28.3. The van der Waals surface area contributed by atoms with Crippen LogP contribution in [0.5, 0.6) is 5.75 Å². The number of fused-ring (bicyclic) bond motifs is 1. The number of carbonyl (C=O) groups excluding carboxylic acids is 2. The number of likely N-dealkylation sites (tertiary alicyclic amines) is 1. The van der Waals surface area contributed by atoms with E-state index >= 15 is 0 Å². The lowest BCUT2D eigenvalue weighted by molar-refractivity contribution is -0.132. The summed E-state index contributed by atoms with van der Waals surface area (Å²) >= 11 is 0. The fraction of sp³-hybridized carbons (Fsp3) is 0.556. The van der Waals surface area contributed by atoms with Crippen molar-refractivity contribution in [3.63, 3.8) is 0 Å². The Labute approximate surface area is 142 Å². The van der Waals surface area contributed by atoms with Crippen molar-refractivity contribution in [3.05, 3.63) is 23.8 Å². The summed E-state index contributed by atoms with van der Waals surface area (Å²) < 4.78 is 5.50. The molecule has 0 spiro atoms. The van der Waals surface area contributed by atoms with E-state index in [0.29, 0.717) is 11.4 Å². The second-order valence-corrected chi connectivity index (χ2v) is 6.45. The van der Waals surface area contributed by atoms with Crippen molar-refractivity contribution in [1.29, 1.82) is 0 Å². The van der Waals surface area contributed by atoms with Crippen LogP contribution in [0.25, 0.3) is 0 Å². The van der Waals surface area contributed by atoms with E-state index in [0.717, 1.165) is 37.9 Å². The van der Waals surface area contributed by atoms with Gasteiger partial charge in [0.25, 0.3) is 5.91 Å².